The molecule has 118 valence electrons. The Hall–Kier alpha value is -2.36. The van der Waals surface area contributed by atoms with Gasteiger partial charge >= 0.3 is 0 Å². The van der Waals surface area contributed by atoms with Gasteiger partial charge in [0.1, 0.15) is 5.82 Å². The zero-order valence-corrected chi connectivity index (χ0v) is 13.7. The average molecular weight is 307 g/mol. The average Bonchev–Trinajstić information content (AvgIpc) is 2.92. The SMILES string of the molecule is Cc1ccccc1C1C2=C(CC(C)(C)CC2=O)Nc2[nH]ncc21. The van der Waals surface area contributed by atoms with E-state index < -0.39 is 0 Å². The number of fused-ring (bicyclic) bond motifs is 1. The molecule has 1 aromatic heterocycles. The molecule has 1 unspecified atom stereocenters. The van der Waals surface area contributed by atoms with Gasteiger partial charge < -0.3 is 5.32 Å². The molecule has 0 spiro atoms. The van der Waals surface area contributed by atoms with Crippen LogP contribution in [0.1, 0.15) is 49.3 Å². The van der Waals surface area contributed by atoms with E-state index in [9.17, 15) is 4.79 Å². The van der Waals surface area contributed by atoms with Crippen molar-refractivity contribution in [3.63, 3.8) is 0 Å². The highest BCUT2D eigenvalue weighted by atomic mass is 16.1. The maximum atomic E-state index is 12.9. The topological polar surface area (TPSA) is 57.8 Å². The second-order valence-corrected chi connectivity index (χ2v) is 7.45. The van der Waals surface area contributed by atoms with E-state index in [-0.39, 0.29) is 17.1 Å². The zero-order chi connectivity index (χ0) is 16.2. The minimum atomic E-state index is -0.0233. The number of hydrogen-bond donors (Lipinski definition) is 2. The number of anilines is 1. The molecule has 1 aliphatic heterocycles. The van der Waals surface area contributed by atoms with Gasteiger partial charge in [-0.3, -0.25) is 9.89 Å². The molecule has 0 saturated heterocycles. The van der Waals surface area contributed by atoms with Crippen LogP contribution in [0.3, 0.4) is 0 Å². The van der Waals surface area contributed by atoms with E-state index in [1.54, 1.807) is 0 Å². The molecule has 4 nitrogen and oxygen atoms in total. The molecule has 4 heteroatoms. The summed E-state index contributed by atoms with van der Waals surface area (Å²) in [7, 11) is 0. The molecule has 4 rings (SSSR count). The Bertz CT molecular complexity index is 829. The number of aromatic amines is 1. The molecule has 1 aliphatic carbocycles. The summed E-state index contributed by atoms with van der Waals surface area (Å²) in [5, 5.41) is 10.7. The fraction of sp³-hybridized carbons (Fsp3) is 0.368. The van der Waals surface area contributed by atoms with Gasteiger partial charge in [0, 0.05) is 29.2 Å². The number of carbonyl (C=O) groups excluding carboxylic acids is 1. The lowest BCUT2D eigenvalue weighted by Crippen LogP contribution is -2.33. The molecular weight excluding hydrogens is 286 g/mol. The van der Waals surface area contributed by atoms with Crippen LogP contribution >= 0.6 is 0 Å². The van der Waals surface area contributed by atoms with Crippen LogP contribution in [0.5, 0.6) is 0 Å². The van der Waals surface area contributed by atoms with E-state index in [1.165, 1.54) is 11.1 Å². The third kappa shape index (κ3) is 2.21. The summed E-state index contributed by atoms with van der Waals surface area (Å²) in [5.41, 5.74) is 5.43. The number of H-pyrrole nitrogens is 1. The quantitative estimate of drug-likeness (QED) is 0.839. The summed E-state index contributed by atoms with van der Waals surface area (Å²) in [6, 6.07) is 8.31. The first-order valence-electron chi connectivity index (χ1n) is 8.08. The number of allylic oxidation sites excluding steroid dienone is 2. The van der Waals surface area contributed by atoms with Crippen molar-refractivity contribution in [2.24, 2.45) is 5.41 Å². The van der Waals surface area contributed by atoms with Crippen molar-refractivity contribution in [1.29, 1.82) is 0 Å². The van der Waals surface area contributed by atoms with Crippen LogP contribution in [-0.2, 0) is 4.79 Å². The molecule has 1 aromatic carbocycles. The van der Waals surface area contributed by atoms with Crippen LogP contribution in [0.2, 0.25) is 0 Å². The highest BCUT2D eigenvalue weighted by Gasteiger charge is 2.41. The highest BCUT2D eigenvalue weighted by molar-refractivity contribution is 6.01. The van der Waals surface area contributed by atoms with Gasteiger partial charge in [-0.15, -0.1) is 0 Å². The summed E-state index contributed by atoms with van der Waals surface area (Å²) in [5.74, 6) is 1.15. The van der Waals surface area contributed by atoms with E-state index >= 15 is 0 Å². The van der Waals surface area contributed by atoms with Crippen LogP contribution in [0.25, 0.3) is 0 Å². The number of ketones is 1. The molecule has 23 heavy (non-hydrogen) atoms. The summed E-state index contributed by atoms with van der Waals surface area (Å²) >= 11 is 0. The molecule has 2 aliphatic rings. The lowest BCUT2D eigenvalue weighted by Gasteiger charge is -2.38. The number of nitrogens with one attached hydrogen (secondary N) is 2. The third-order valence-electron chi connectivity index (χ3n) is 4.96. The fourth-order valence-corrected chi connectivity index (χ4v) is 3.94. The van der Waals surface area contributed by atoms with E-state index in [2.05, 4.69) is 48.4 Å². The standard InChI is InChI=1S/C19H21N3O/c1-11-6-4-5-7-12(11)16-13-10-20-22-18(13)21-14-8-19(2,3)9-15(23)17(14)16/h4-7,10,16H,8-9H2,1-3H3,(H2,20,21,22). The molecule has 2 heterocycles. The monoisotopic (exact) mass is 307 g/mol. The van der Waals surface area contributed by atoms with E-state index in [1.807, 2.05) is 18.3 Å². The predicted molar refractivity (Wildman–Crippen MR) is 90.3 cm³/mol. The Morgan fingerprint density at radius 3 is 2.74 bits per heavy atom. The van der Waals surface area contributed by atoms with Crippen molar-refractivity contribution in [3.8, 4) is 0 Å². The van der Waals surface area contributed by atoms with Crippen LogP contribution in [0.4, 0.5) is 5.82 Å². The van der Waals surface area contributed by atoms with Gasteiger partial charge in [0.2, 0.25) is 0 Å². The second-order valence-electron chi connectivity index (χ2n) is 7.45. The van der Waals surface area contributed by atoms with E-state index in [0.717, 1.165) is 29.1 Å². The number of hydrogen-bond acceptors (Lipinski definition) is 3. The van der Waals surface area contributed by atoms with Gasteiger partial charge in [0.15, 0.2) is 5.78 Å². The molecular formula is C19H21N3O. The maximum Gasteiger partial charge on any atom is 0.162 e. The minimum Gasteiger partial charge on any atom is -0.343 e. The first kappa shape index (κ1) is 14.2. The second kappa shape index (κ2) is 4.82. The lowest BCUT2D eigenvalue weighted by atomic mass is 9.69. The molecule has 2 aromatic rings. The minimum absolute atomic E-state index is 0.00325. The van der Waals surface area contributed by atoms with E-state index in [0.29, 0.717) is 6.42 Å². The maximum absolute atomic E-state index is 12.9. The van der Waals surface area contributed by atoms with Crippen LogP contribution in [-0.4, -0.2) is 16.0 Å². The van der Waals surface area contributed by atoms with Crippen molar-refractivity contribution >= 4 is 11.6 Å². The summed E-state index contributed by atoms with van der Waals surface area (Å²) in [6.45, 7) is 6.41. The van der Waals surface area contributed by atoms with Gasteiger partial charge in [-0.05, 0) is 29.9 Å². The number of nitrogens with zero attached hydrogens (tertiary/aromatic N) is 1. The first-order valence-corrected chi connectivity index (χ1v) is 8.08. The molecule has 0 fully saturated rings. The largest absolute Gasteiger partial charge is 0.343 e. The predicted octanol–water partition coefficient (Wildman–Crippen LogP) is 3.92. The van der Waals surface area contributed by atoms with Crippen molar-refractivity contribution in [2.45, 2.75) is 39.5 Å². The highest BCUT2D eigenvalue weighted by Crippen LogP contribution is 2.48. The van der Waals surface area contributed by atoms with Gasteiger partial charge in [0.05, 0.1) is 6.20 Å². The summed E-state index contributed by atoms with van der Waals surface area (Å²) < 4.78 is 0. The number of aromatic nitrogens is 2. The van der Waals surface area contributed by atoms with Crippen molar-refractivity contribution in [3.05, 3.63) is 58.4 Å². The first-order chi connectivity index (χ1) is 11.0. The number of carbonyl (C=O) groups is 1. The lowest BCUT2D eigenvalue weighted by molar-refractivity contribution is -0.118. The Morgan fingerprint density at radius 1 is 1.17 bits per heavy atom. The van der Waals surface area contributed by atoms with Crippen molar-refractivity contribution in [1.82, 2.24) is 10.2 Å². The van der Waals surface area contributed by atoms with E-state index in [4.69, 9.17) is 0 Å². The fourth-order valence-electron chi connectivity index (χ4n) is 3.94. The molecule has 0 bridgehead atoms. The van der Waals surface area contributed by atoms with Gasteiger partial charge in [-0.25, -0.2) is 0 Å². The molecule has 0 saturated carbocycles. The number of aryl methyl sites for hydroxylation is 1. The molecule has 0 radical (unpaired) electrons. The van der Waals surface area contributed by atoms with Crippen LogP contribution < -0.4 is 5.32 Å². The normalized spacial score (nSPS) is 22.4. The third-order valence-corrected chi connectivity index (χ3v) is 4.96. The van der Waals surface area contributed by atoms with Crippen LogP contribution in [0.15, 0.2) is 41.7 Å². The summed E-state index contributed by atoms with van der Waals surface area (Å²) in [6.07, 6.45) is 3.33. The smallest absolute Gasteiger partial charge is 0.162 e. The Balaban J connectivity index is 1.94. The molecule has 2 N–H and O–H groups in total. The molecule has 1 atom stereocenters. The summed E-state index contributed by atoms with van der Waals surface area (Å²) in [4.78, 5) is 12.9. The Labute approximate surface area is 136 Å². The number of rotatable bonds is 1. The molecule has 0 amide bonds. The van der Waals surface area contributed by atoms with Gasteiger partial charge in [-0.1, -0.05) is 38.1 Å². The van der Waals surface area contributed by atoms with Gasteiger partial charge in [-0.2, -0.15) is 5.10 Å². The number of benzene rings is 1. The number of Topliss-reactive ketones (excluding diaryl/α,β-unsaturated/α-hetero) is 1. The van der Waals surface area contributed by atoms with Gasteiger partial charge in [0.25, 0.3) is 0 Å². The van der Waals surface area contributed by atoms with Crippen molar-refractivity contribution in [2.75, 3.05) is 5.32 Å². The Kier molecular flexibility index (Phi) is 2.98. The van der Waals surface area contributed by atoms with Crippen LogP contribution in [0, 0.1) is 12.3 Å². The van der Waals surface area contributed by atoms with Crippen molar-refractivity contribution < 1.29 is 4.79 Å². The Morgan fingerprint density at radius 2 is 1.96 bits per heavy atom. The zero-order valence-electron chi connectivity index (χ0n) is 13.7.